The molecule has 0 aromatic carbocycles. The van der Waals surface area contributed by atoms with E-state index in [2.05, 4.69) is 9.05 Å². The van der Waals surface area contributed by atoms with Crippen LogP contribution in [0.25, 0.3) is 0 Å². The van der Waals surface area contributed by atoms with Crippen molar-refractivity contribution in [2.75, 3.05) is 7.11 Å². The van der Waals surface area contributed by atoms with Gasteiger partial charge in [-0.15, -0.1) is 0 Å². The lowest BCUT2D eigenvalue weighted by Gasteiger charge is -2.23. The van der Waals surface area contributed by atoms with Gasteiger partial charge in [0, 0.05) is 7.11 Å². The molecule has 1 unspecified atom stereocenters. The monoisotopic (exact) mass is 262 g/mol. The number of phosphoric acid groups is 1. The summed E-state index contributed by atoms with van der Waals surface area (Å²) < 4.78 is 87.3. The van der Waals surface area contributed by atoms with Crippen LogP contribution >= 0.6 is 7.82 Å². The van der Waals surface area contributed by atoms with E-state index in [0.29, 0.717) is 7.11 Å². The molecular weight excluding hydrogens is 257 g/mol. The van der Waals surface area contributed by atoms with Gasteiger partial charge >= 0.3 is 20.2 Å². The molecule has 0 aliphatic rings. The molecule has 0 radical (unpaired) electrons. The largest absolute Gasteiger partial charge is 0.472 e. The lowest BCUT2D eigenvalue weighted by atomic mass is 10.3. The van der Waals surface area contributed by atoms with Gasteiger partial charge in [-0.2, -0.15) is 26.3 Å². The zero-order valence-electron chi connectivity index (χ0n) is 6.96. The van der Waals surface area contributed by atoms with Gasteiger partial charge in [-0.25, -0.2) is 4.57 Å². The lowest BCUT2D eigenvalue weighted by molar-refractivity contribution is -0.303. The fraction of sp³-hybridized carbons (Fsp3) is 1.00. The molecule has 0 spiro atoms. The van der Waals surface area contributed by atoms with E-state index in [0.717, 1.165) is 0 Å². The number of hydrogen-bond acceptors (Lipinski definition) is 3. The van der Waals surface area contributed by atoms with E-state index in [1.807, 2.05) is 0 Å². The number of halogens is 6. The number of rotatable bonds is 3. The van der Waals surface area contributed by atoms with Gasteiger partial charge < -0.3 is 4.89 Å². The first-order valence-corrected chi connectivity index (χ1v) is 4.60. The van der Waals surface area contributed by atoms with Crippen LogP contribution in [0.1, 0.15) is 0 Å². The molecule has 0 amide bonds. The zero-order valence-corrected chi connectivity index (χ0v) is 7.86. The van der Waals surface area contributed by atoms with Gasteiger partial charge in [0.15, 0.2) is 0 Å². The maximum atomic E-state index is 11.7. The van der Waals surface area contributed by atoms with Crippen molar-refractivity contribution in [2.24, 2.45) is 0 Å². The molecule has 0 saturated heterocycles. The Balaban J connectivity index is 4.93. The van der Waals surface area contributed by atoms with Gasteiger partial charge in [-0.1, -0.05) is 0 Å². The summed E-state index contributed by atoms with van der Waals surface area (Å²) in [6.45, 7) is 0. The summed E-state index contributed by atoms with van der Waals surface area (Å²) in [6, 6.07) is 0. The van der Waals surface area contributed by atoms with E-state index >= 15 is 0 Å². The van der Waals surface area contributed by atoms with Gasteiger partial charge in [-0.3, -0.25) is 9.05 Å². The maximum Gasteiger partial charge on any atom is 0.472 e. The van der Waals surface area contributed by atoms with E-state index < -0.39 is 26.3 Å². The second kappa shape index (κ2) is 4.28. The molecular formula is C4H5F6O4P. The highest BCUT2D eigenvalue weighted by Crippen LogP contribution is 2.49. The molecule has 0 fully saturated rings. The molecule has 0 rings (SSSR count). The quantitative estimate of drug-likeness (QED) is 0.626. The third kappa shape index (κ3) is 4.83. The summed E-state index contributed by atoms with van der Waals surface area (Å²) in [4.78, 5) is 8.33. The molecule has 4 nitrogen and oxygen atoms in total. The van der Waals surface area contributed by atoms with Crippen LogP contribution in [0.3, 0.4) is 0 Å². The van der Waals surface area contributed by atoms with Crippen molar-refractivity contribution in [3.8, 4) is 0 Å². The van der Waals surface area contributed by atoms with Crippen molar-refractivity contribution in [3.05, 3.63) is 0 Å². The van der Waals surface area contributed by atoms with Crippen molar-refractivity contribution in [2.45, 2.75) is 18.5 Å². The fourth-order valence-corrected chi connectivity index (χ4v) is 1.07. The highest BCUT2D eigenvalue weighted by Gasteiger charge is 2.60. The van der Waals surface area contributed by atoms with Crippen molar-refractivity contribution < 1.29 is 44.8 Å². The summed E-state index contributed by atoms with van der Waals surface area (Å²) in [5.41, 5.74) is 0. The lowest BCUT2D eigenvalue weighted by Crippen LogP contribution is -2.43. The Morgan fingerprint density at radius 2 is 1.47 bits per heavy atom. The van der Waals surface area contributed by atoms with Gasteiger partial charge in [-0.05, 0) is 0 Å². The maximum absolute atomic E-state index is 11.7. The third-order valence-corrected chi connectivity index (χ3v) is 2.00. The summed E-state index contributed by atoms with van der Waals surface area (Å²) in [6.07, 6.45) is -16.1. The predicted octanol–water partition coefficient (Wildman–Crippen LogP) is 2.24. The summed E-state index contributed by atoms with van der Waals surface area (Å²) in [5.74, 6) is 0. The second-order valence-electron chi connectivity index (χ2n) is 2.22. The van der Waals surface area contributed by atoms with Crippen molar-refractivity contribution in [1.82, 2.24) is 0 Å². The Morgan fingerprint density at radius 3 is 1.67 bits per heavy atom. The Morgan fingerprint density at radius 1 is 1.13 bits per heavy atom. The van der Waals surface area contributed by atoms with Crippen LogP contribution in [0.4, 0.5) is 26.3 Å². The van der Waals surface area contributed by atoms with Crippen LogP contribution in [0.5, 0.6) is 0 Å². The molecule has 0 aromatic rings. The molecule has 1 atom stereocenters. The Bertz CT molecular complexity index is 245. The van der Waals surface area contributed by atoms with Crippen LogP contribution in [0, 0.1) is 0 Å². The molecule has 11 heteroatoms. The normalized spacial score (nSPS) is 17.9. The molecule has 0 aromatic heterocycles. The Kier molecular flexibility index (Phi) is 4.19. The van der Waals surface area contributed by atoms with E-state index in [9.17, 15) is 30.9 Å². The minimum Gasteiger partial charge on any atom is -0.302 e. The second-order valence-corrected chi connectivity index (χ2v) is 3.73. The first-order chi connectivity index (χ1) is 6.40. The summed E-state index contributed by atoms with van der Waals surface area (Å²) >= 11 is 0. The smallest absolute Gasteiger partial charge is 0.302 e. The predicted molar refractivity (Wildman–Crippen MR) is 33.8 cm³/mol. The van der Waals surface area contributed by atoms with Crippen LogP contribution < -0.4 is 0 Å². The van der Waals surface area contributed by atoms with Crippen molar-refractivity contribution in [3.63, 3.8) is 0 Å². The van der Waals surface area contributed by atoms with Crippen LogP contribution in [0.15, 0.2) is 0 Å². The number of hydrogen-bond donors (Lipinski definition) is 1. The number of phosphoric ester groups is 1. The molecule has 0 aliphatic carbocycles. The minimum atomic E-state index is -5.85. The number of alkyl halides is 6. The topological polar surface area (TPSA) is 55.8 Å². The van der Waals surface area contributed by atoms with Gasteiger partial charge in [0.05, 0.1) is 0 Å². The van der Waals surface area contributed by atoms with Gasteiger partial charge in [0.2, 0.25) is 0 Å². The zero-order chi connectivity index (χ0) is 12.5. The Labute approximate surface area is 79.4 Å². The highest BCUT2D eigenvalue weighted by atomic mass is 31.2. The Hall–Kier alpha value is -0.310. The molecule has 92 valence electrons. The average molecular weight is 262 g/mol. The van der Waals surface area contributed by atoms with Crippen molar-refractivity contribution >= 4 is 7.82 Å². The standard InChI is InChI=1S/C4H5F6O4P/c1-13-15(11,12)14-2(3(5,6)7)4(8,9)10/h2H,1H3,(H,11,12). The molecule has 15 heavy (non-hydrogen) atoms. The van der Waals surface area contributed by atoms with Crippen LogP contribution in [-0.2, 0) is 13.6 Å². The average Bonchev–Trinajstić information content (AvgIpc) is 1.96. The molecule has 0 bridgehead atoms. The van der Waals surface area contributed by atoms with E-state index in [-0.39, 0.29) is 0 Å². The molecule has 0 heterocycles. The van der Waals surface area contributed by atoms with E-state index in [4.69, 9.17) is 4.89 Å². The van der Waals surface area contributed by atoms with E-state index in [1.165, 1.54) is 0 Å². The first kappa shape index (κ1) is 14.7. The van der Waals surface area contributed by atoms with Crippen LogP contribution in [0.2, 0.25) is 0 Å². The highest BCUT2D eigenvalue weighted by molar-refractivity contribution is 7.47. The summed E-state index contributed by atoms with van der Waals surface area (Å²) in [5, 5.41) is 0. The summed E-state index contributed by atoms with van der Waals surface area (Å²) in [7, 11) is -4.93. The SMILES string of the molecule is COP(=O)(O)OC(C(F)(F)F)C(F)(F)F. The van der Waals surface area contributed by atoms with Crippen molar-refractivity contribution in [1.29, 1.82) is 0 Å². The minimum absolute atomic E-state index is 0.435. The van der Waals surface area contributed by atoms with Crippen LogP contribution in [-0.4, -0.2) is 30.5 Å². The third-order valence-electron chi connectivity index (χ3n) is 1.06. The van der Waals surface area contributed by atoms with Gasteiger partial charge in [0.25, 0.3) is 6.10 Å². The van der Waals surface area contributed by atoms with Gasteiger partial charge in [0.1, 0.15) is 0 Å². The molecule has 0 saturated carbocycles. The molecule has 0 aliphatic heterocycles. The molecule has 1 N–H and O–H groups in total. The first-order valence-electron chi connectivity index (χ1n) is 3.10. The fourth-order valence-electron chi connectivity index (χ4n) is 0.481. The van der Waals surface area contributed by atoms with E-state index in [1.54, 1.807) is 0 Å².